The number of aromatic nitrogens is 7. The predicted octanol–water partition coefficient (Wildman–Crippen LogP) is 1.99. The molecule has 35 heavy (non-hydrogen) atoms. The largest absolute Gasteiger partial charge is 0.382 e. The standard InChI is InChI=1S/C24H19N9O2/c25-22-21-17(15-5-4-14(11-19(15)29-22)18-6-7-28-30-18)13-32(31-21)10-8-26-23(34)16-12-27-20-3-1-2-9-33(20)24(16)35/h1-7,9,11-13H,8,10H2,(H2,25,29)(H,26,34)(H,28,30). The number of rotatable bonds is 5. The number of aromatic amines is 1. The number of pyridine rings is 2. The second kappa shape index (κ2) is 8.06. The van der Waals surface area contributed by atoms with E-state index < -0.39 is 11.5 Å². The van der Waals surface area contributed by atoms with Gasteiger partial charge in [-0.15, -0.1) is 0 Å². The van der Waals surface area contributed by atoms with Crippen LogP contribution in [0, 0.1) is 0 Å². The average molecular weight is 465 g/mol. The Labute approximate surface area is 197 Å². The molecule has 5 heterocycles. The van der Waals surface area contributed by atoms with Crippen LogP contribution in [0.2, 0.25) is 0 Å². The Hall–Kier alpha value is -5.06. The topological polar surface area (TPSA) is 149 Å². The summed E-state index contributed by atoms with van der Waals surface area (Å²) in [6.45, 7) is 0.648. The van der Waals surface area contributed by atoms with Gasteiger partial charge < -0.3 is 11.1 Å². The predicted molar refractivity (Wildman–Crippen MR) is 131 cm³/mol. The highest BCUT2D eigenvalue weighted by Crippen LogP contribution is 2.29. The van der Waals surface area contributed by atoms with Gasteiger partial charge in [-0.05, 0) is 24.3 Å². The summed E-state index contributed by atoms with van der Waals surface area (Å²) in [5.41, 5.74) is 9.42. The Bertz CT molecular complexity index is 1780. The molecule has 172 valence electrons. The summed E-state index contributed by atoms with van der Waals surface area (Å²) in [4.78, 5) is 33.9. The van der Waals surface area contributed by atoms with Crippen LogP contribution in [0.4, 0.5) is 5.82 Å². The zero-order valence-electron chi connectivity index (χ0n) is 18.3. The lowest BCUT2D eigenvalue weighted by Crippen LogP contribution is -2.33. The van der Waals surface area contributed by atoms with Gasteiger partial charge in [-0.2, -0.15) is 10.2 Å². The molecule has 0 saturated heterocycles. The fourth-order valence-electron chi connectivity index (χ4n) is 4.10. The Kier molecular flexibility index (Phi) is 4.73. The van der Waals surface area contributed by atoms with E-state index >= 15 is 0 Å². The number of nitrogens with zero attached hydrogens (tertiary/aromatic N) is 6. The summed E-state index contributed by atoms with van der Waals surface area (Å²) < 4.78 is 3.05. The number of fused-ring (bicyclic) bond motifs is 4. The first-order valence-electron chi connectivity index (χ1n) is 10.9. The molecule has 4 N–H and O–H groups in total. The number of hydrogen-bond donors (Lipinski definition) is 3. The van der Waals surface area contributed by atoms with Crippen LogP contribution in [-0.4, -0.2) is 46.8 Å². The van der Waals surface area contributed by atoms with E-state index in [1.165, 1.54) is 10.6 Å². The highest BCUT2D eigenvalue weighted by atomic mass is 16.2. The maximum absolute atomic E-state index is 12.6. The highest BCUT2D eigenvalue weighted by Gasteiger charge is 2.14. The van der Waals surface area contributed by atoms with Crippen molar-refractivity contribution >= 4 is 39.2 Å². The summed E-state index contributed by atoms with van der Waals surface area (Å²) in [6, 6.07) is 13.0. The number of carbonyl (C=O) groups excluding carboxylic acids is 1. The van der Waals surface area contributed by atoms with Crippen LogP contribution in [0.3, 0.4) is 0 Å². The Balaban J connectivity index is 1.23. The lowest BCUT2D eigenvalue weighted by molar-refractivity contribution is 0.0950. The molecule has 0 saturated carbocycles. The third-order valence-electron chi connectivity index (χ3n) is 5.83. The third-order valence-corrected chi connectivity index (χ3v) is 5.83. The van der Waals surface area contributed by atoms with Gasteiger partial charge in [0.15, 0.2) is 5.82 Å². The van der Waals surface area contributed by atoms with Crippen LogP contribution in [0.5, 0.6) is 0 Å². The molecule has 0 atom stereocenters. The zero-order chi connectivity index (χ0) is 23.9. The summed E-state index contributed by atoms with van der Waals surface area (Å²) in [6.07, 6.45) is 6.45. The molecule has 5 aromatic heterocycles. The van der Waals surface area contributed by atoms with Gasteiger partial charge >= 0.3 is 0 Å². The normalized spacial score (nSPS) is 11.4. The van der Waals surface area contributed by atoms with E-state index in [4.69, 9.17) is 5.73 Å². The molecule has 11 nitrogen and oxygen atoms in total. The fourth-order valence-corrected chi connectivity index (χ4v) is 4.10. The number of nitrogens with two attached hydrogens (primary N) is 1. The smallest absolute Gasteiger partial charge is 0.270 e. The maximum atomic E-state index is 12.6. The molecular weight excluding hydrogens is 446 g/mol. The summed E-state index contributed by atoms with van der Waals surface area (Å²) in [5.74, 6) is -0.164. The van der Waals surface area contributed by atoms with Crippen LogP contribution in [-0.2, 0) is 6.54 Å². The molecule has 0 bridgehead atoms. The number of amides is 1. The van der Waals surface area contributed by atoms with Gasteiger partial charge in [-0.25, -0.2) is 9.97 Å². The Morgan fingerprint density at radius 1 is 1.14 bits per heavy atom. The van der Waals surface area contributed by atoms with Crippen molar-refractivity contribution in [1.82, 2.24) is 39.7 Å². The van der Waals surface area contributed by atoms with E-state index in [1.807, 2.05) is 30.5 Å². The number of hydrogen-bond acceptors (Lipinski definition) is 7. The second-order valence-corrected chi connectivity index (χ2v) is 8.02. The average Bonchev–Trinajstić information content (AvgIpc) is 3.55. The van der Waals surface area contributed by atoms with Gasteiger partial charge in [0.2, 0.25) is 0 Å². The first kappa shape index (κ1) is 20.5. The number of nitrogen functional groups attached to an aromatic ring is 1. The van der Waals surface area contributed by atoms with Gasteiger partial charge in [0, 0.05) is 47.7 Å². The van der Waals surface area contributed by atoms with E-state index in [0.29, 0.717) is 23.5 Å². The van der Waals surface area contributed by atoms with Gasteiger partial charge in [-0.3, -0.25) is 23.8 Å². The van der Waals surface area contributed by atoms with Crippen molar-refractivity contribution in [1.29, 1.82) is 0 Å². The monoisotopic (exact) mass is 465 g/mol. The minimum atomic E-state index is -0.490. The van der Waals surface area contributed by atoms with Gasteiger partial charge in [0.05, 0.1) is 17.8 Å². The van der Waals surface area contributed by atoms with Crippen LogP contribution in [0.25, 0.3) is 38.7 Å². The number of nitrogens with one attached hydrogen (secondary N) is 2. The lowest BCUT2D eigenvalue weighted by Gasteiger charge is -2.06. The van der Waals surface area contributed by atoms with Crippen LogP contribution in [0.1, 0.15) is 10.4 Å². The van der Waals surface area contributed by atoms with Crippen LogP contribution >= 0.6 is 0 Å². The van der Waals surface area contributed by atoms with Crippen molar-refractivity contribution in [2.45, 2.75) is 6.54 Å². The Morgan fingerprint density at radius 2 is 2.06 bits per heavy atom. The SMILES string of the molecule is Nc1nc2cc(-c3ccn[nH]3)ccc2c2cn(CCNC(=O)c3cnc4ccccn4c3=O)nc12. The van der Waals surface area contributed by atoms with Crippen LogP contribution in [0.15, 0.2) is 72.0 Å². The van der Waals surface area contributed by atoms with Crippen molar-refractivity contribution in [3.05, 3.63) is 83.2 Å². The van der Waals surface area contributed by atoms with Crippen molar-refractivity contribution in [3.8, 4) is 11.3 Å². The van der Waals surface area contributed by atoms with Crippen LogP contribution < -0.4 is 16.6 Å². The van der Waals surface area contributed by atoms with Gasteiger partial charge in [0.25, 0.3) is 11.5 Å². The van der Waals surface area contributed by atoms with Gasteiger partial charge in [0.1, 0.15) is 16.7 Å². The summed E-state index contributed by atoms with van der Waals surface area (Å²) in [5, 5.41) is 16.0. The highest BCUT2D eigenvalue weighted by molar-refractivity contribution is 6.08. The van der Waals surface area contributed by atoms with Crippen molar-refractivity contribution < 1.29 is 4.79 Å². The summed E-state index contributed by atoms with van der Waals surface area (Å²) >= 11 is 0. The Morgan fingerprint density at radius 3 is 2.91 bits per heavy atom. The quantitative estimate of drug-likeness (QED) is 0.352. The molecule has 1 aromatic carbocycles. The molecule has 0 spiro atoms. The molecule has 0 unspecified atom stereocenters. The van der Waals surface area contributed by atoms with Gasteiger partial charge in [-0.1, -0.05) is 18.2 Å². The molecule has 1 amide bonds. The molecular formula is C24H19N9O2. The van der Waals surface area contributed by atoms with E-state index in [2.05, 4.69) is 30.6 Å². The fraction of sp³-hybridized carbons (Fsp3) is 0.0833. The number of carbonyl (C=O) groups is 1. The van der Waals surface area contributed by atoms with E-state index in [9.17, 15) is 9.59 Å². The number of anilines is 1. The first-order chi connectivity index (χ1) is 17.1. The van der Waals surface area contributed by atoms with E-state index in [-0.39, 0.29) is 12.1 Å². The summed E-state index contributed by atoms with van der Waals surface area (Å²) in [7, 11) is 0. The minimum absolute atomic E-state index is 0.0214. The van der Waals surface area contributed by atoms with Crippen molar-refractivity contribution in [2.24, 2.45) is 0 Å². The van der Waals surface area contributed by atoms with Crippen molar-refractivity contribution in [2.75, 3.05) is 12.3 Å². The number of benzene rings is 1. The molecule has 0 aliphatic carbocycles. The molecule has 11 heteroatoms. The molecule has 6 rings (SSSR count). The minimum Gasteiger partial charge on any atom is -0.382 e. The number of H-pyrrole nitrogens is 1. The molecule has 0 aliphatic rings. The first-order valence-corrected chi connectivity index (χ1v) is 10.9. The maximum Gasteiger partial charge on any atom is 0.270 e. The van der Waals surface area contributed by atoms with E-state index in [0.717, 1.165) is 27.5 Å². The molecule has 0 aliphatic heterocycles. The lowest BCUT2D eigenvalue weighted by atomic mass is 10.1. The van der Waals surface area contributed by atoms with E-state index in [1.54, 1.807) is 35.3 Å². The van der Waals surface area contributed by atoms with Crippen molar-refractivity contribution in [3.63, 3.8) is 0 Å². The molecule has 0 radical (unpaired) electrons. The second-order valence-electron chi connectivity index (χ2n) is 8.02. The molecule has 0 fully saturated rings. The molecule has 6 aromatic rings. The third kappa shape index (κ3) is 3.55. The zero-order valence-corrected chi connectivity index (χ0v) is 18.3.